The molecule has 0 unspecified atom stereocenters. The maximum Gasteiger partial charge on any atom is 0.129 e. The summed E-state index contributed by atoms with van der Waals surface area (Å²) in [5.74, 6) is 0.255. The van der Waals surface area contributed by atoms with Gasteiger partial charge < -0.3 is 4.79 Å². The van der Waals surface area contributed by atoms with Gasteiger partial charge in [-0.15, -0.1) is 0 Å². The van der Waals surface area contributed by atoms with Gasteiger partial charge in [0.1, 0.15) is 5.78 Å². The van der Waals surface area contributed by atoms with E-state index in [1.807, 2.05) is 6.92 Å². The second kappa shape index (κ2) is 7.26. The smallest absolute Gasteiger partial charge is 0.129 e. The van der Waals surface area contributed by atoms with Crippen LogP contribution >= 0.6 is 0 Å². The van der Waals surface area contributed by atoms with E-state index >= 15 is 0 Å². The van der Waals surface area contributed by atoms with Crippen LogP contribution in [0.1, 0.15) is 33.1 Å². The zero-order chi connectivity index (χ0) is 8.53. The lowest BCUT2D eigenvalue weighted by molar-refractivity contribution is -0.116. The molecule has 1 nitrogen and oxygen atoms in total. The number of carbonyl (C=O) groups is 1. The van der Waals surface area contributed by atoms with Gasteiger partial charge in [0.05, 0.1) is 0 Å². The van der Waals surface area contributed by atoms with E-state index in [1.165, 1.54) is 12.8 Å². The molecule has 0 heterocycles. The summed E-state index contributed by atoms with van der Waals surface area (Å²) in [6.45, 7) is 3.43. The average molecular weight is 152 g/mol. The summed E-state index contributed by atoms with van der Waals surface area (Å²) in [5, 5.41) is 0. The summed E-state index contributed by atoms with van der Waals surface area (Å²) in [6.07, 6.45) is 11.7. The number of carbonyl (C=O) groups excluding carboxylic acids is 1. The molecule has 0 aromatic carbocycles. The molecular formula is C10H16O. The average Bonchev–Trinajstić information content (AvgIpc) is 2.09. The quantitative estimate of drug-likeness (QED) is 0.564. The molecule has 0 saturated carbocycles. The Labute approximate surface area is 68.8 Å². The van der Waals surface area contributed by atoms with Crippen molar-refractivity contribution in [2.24, 2.45) is 0 Å². The third-order valence-corrected chi connectivity index (χ3v) is 1.38. The normalized spacial score (nSPS) is 13.6. The lowest BCUT2D eigenvalue weighted by Gasteiger charge is -1.88. The zero-order valence-electron chi connectivity index (χ0n) is 7.34. The van der Waals surface area contributed by atoms with Gasteiger partial charge in [-0.05, 0) is 19.8 Å². The van der Waals surface area contributed by atoms with Crippen LogP contribution < -0.4 is 0 Å². The van der Waals surface area contributed by atoms with Crippen molar-refractivity contribution in [3.63, 3.8) is 0 Å². The predicted octanol–water partition coefficient (Wildman–Crippen LogP) is 2.88. The SMILES string of the molecule is C1=CCCC=C1.CCC(C)=O. The van der Waals surface area contributed by atoms with Crippen molar-refractivity contribution >= 4 is 5.78 Å². The van der Waals surface area contributed by atoms with E-state index in [0.717, 1.165) is 0 Å². The van der Waals surface area contributed by atoms with E-state index < -0.39 is 0 Å². The van der Waals surface area contributed by atoms with Crippen molar-refractivity contribution in [3.8, 4) is 0 Å². The van der Waals surface area contributed by atoms with Gasteiger partial charge in [0.25, 0.3) is 0 Å². The van der Waals surface area contributed by atoms with Gasteiger partial charge >= 0.3 is 0 Å². The fourth-order valence-corrected chi connectivity index (χ4v) is 0.542. The van der Waals surface area contributed by atoms with Gasteiger partial charge in [-0.2, -0.15) is 0 Å². The van der Waals surface area contributed by atoms with E-state index in [9.17, 15) is 4.79 Å². The highest BCUT2D eigenvalue weighted by molar-refractivity contribution is 5.74. The number of rotatable bonds is 1. The molecule has 0 spiro atoms. The van der Waals surface area contributed by atoms with Crippen LogP contribution in [0.2, 0.25) is 0 Å². The highest BCUT2D eigenvalue weighted by Crippen LogP contribution is 1.98. The Kier molecular flexibility index (Phi) is 6.70. The Morgan fingerprint density at radius 2 is 1.64 bits per heavy atom. The number of allylic oxidation sites excluding steroid dienone is 4. The van der Waals surface area contributed by atoms with Crippen molar-refractivity contribution in [2.75, 3.05) is 0 Å². The van der Waals surface area contributed by atoms with Gasteiger partial charge in [0, 0.05) is 6.42 Å². The van der Waals surface area contributed by atoms with Crippen LogP contribution in [0.3, 0.4) is 0 Å². The summed E-state index contributed by atoms with van der Waals surface area (Å²) >= 11 is 0. The van der Waals surface area contributed by atoms with Gasteiger partial charge in [0.2, 0.25) is 0 Å². The molecule has 0 bridgehead atoms. The molecule has 1 rings (SSSR count). The number of hydrogen-bond acceptors (Lipinski definition) is 1. The van der Waals surface area contributed by atoms with E-state index in [1.54, 1.807) is 6.92 Å². The first kappa shape index (κ1) is 10.2. The first-order valence-electron chi connectivity index (χ1n) is 4.08. The second-order valence-corrected chi connectivity index (χ2v) is 2.49. The lowest BCUT2D eigenvalue weighted by Crippen LogP contribution is -1.80. The molecule has 0 radical (unpaired) electrons. The van der Waals surface area contributed by atoms with Crippen molar-refractivity contribution in [1.29, 1.82) is 0 Å². The first-order valence-corrected chi connectivity index (χ1v) is 4.08. The monoisotopic (exact) mass is 152 g/mol. The Morgan fingerprint density at radius 3 is 1.73 bits per heavy atom. The van der Waals surface area contributed by atoms with Crippen LogP contribution in [-0.2, 0) is 4.79 Å². The maximum absolute atomic E-state index is 9.81. The van der Waals surface area contributed by atoms with Gasteiger partial charge in [-0.1, -0.05) is 31.2 Å². The van der Waals surface area contributed by atoms with Gasteiger partial charge in [-0.3, -0.25) is 0 Å². The zero-order valence-corrected chi connectivity index (χ0v) is 7.34. The molecule has 0 fully saturated rings. The van der Waals surface area contributed by atoms with Gasteiger partial charge in [-0.25, -0.2) is 0 Å². The summed E-state index contributed by atoms with van der Waals surface area (Å²) < 4.78 is 0. The fraction of sp³-hybridized carbons (Fsp3) is 0.500. The molecule has 1 aliphatic rings. The molecule has 0 aliphatic heterocycles. The maximum atomic E-state index is 9.81. The minimum absolute atomic E-state index is 0.255. The molecule has 0 N–H and O–H groups in total. The molecule has 0 saturated heterocycles. The Hall–Kier alpha value is -0.850. The number of Topliss-reactive ketones (excluding diaryl/α,β-unsaturated/α-hetero) is 1. The summed E-state index contributed by atoms with van der Waals surface area (Å²) in [5.41, 5.74) is 0. The Bertz CT molecular complexity index is 142. The molecule has 0 aromatic heterocycles. The molecule has 1 aliphatic carbocycles. The van der Waals surface area contributed by atoms with E-state index in [0.29, 0.717) is 6.42 Å². The molecule has 11 heavy (non-hydrogen) atoms. The minimum Gasteiger partial charge on any atom is -0.300 e. The van der Waals surface area contributed by atoms with E-state index in [-0.39, 0.29) is 5.78 Å². The Morgan fingerprint density at radius 1 is 1.27 bits per heavy atom. The highest BCUT2D eigenvalue weighted by atomic mass is 16.1. The third kappa shape index (κ3) is 9.15. The van der Waals surface area contributed by atoms with Crippen LogP contribution in [0.5, 0.6) is 0 Å². The molecule has 0 atom stereocenters. The van der Waals surface area contributed by atoms with Crippen molar-refractivity contribution < 1.29 is 4.79 Å². The summed E-state index contributed by atoms with van der Waals surface area (Å²) in [4.78, 5) is 9.81. The van der Waals surface area contributed by atoms with Gasteiger partial charge in [0.15, 0.2) is 0 Å². The van der Waals surface area contributed by atoms with Crippen LogP contribution in [0.15, 0.2) is 24.3 Å². The second-order valence-electron chi connectivity index (χ2n) is 2.49. The first-order chi connectivity index (χ1) is 5.27. The van der Waals surface area contributed by atoms with Crippen LogP contribution in [0, 0.1) is 0 Å². The van der Waals surface area contributed by atoms with Crippen molar-refractivity contribution in [1.82, 2.24) is 0 Å². The predicted molar refractivity (Wildman–Crippen MR) is 48.5 cm³/mol. The van der Waals surface area contributed by atoms with Crippen molar-refractivity contribution in [3.05, 3.63) is 24.3 Å². The highest BCUT2D eigenvalue weighted by Gasteiger charge is 1.77. The van der Waals surface area contributed by atoms with E-state index in [4.69, 9.17) is 0 Å². The number of ketones is 1. The summed E-state index contributed by atoms with van der Waals surface area (Å²) in [6, 6.07) is 0. The molecular weight excluding hydrogens is 136 g/mol. The largest absolute Gasteiger partial charge is 0.300 e. The lowest BCUT2D eigenvalue weighted by atomic mass is 10.2. The topological polar surface area (TPSA) is 17.1 Å². The molecule has 0 amide bonds. The van der Waals surface area contributed by atoms with Crippen LogP contribution in [-0.4, -0.2) is 5.78 Å². The molecule has 0 aromatic rings. The Balaban J connectivity index is 0.000000187. The van der Waals surface area contributed by atoms with Crippen LogP contribution in [0.25, 0.3) is 0 Å². The van der Waals surface area contributed by atoms with E-state index in [2.05, 4.69) is 24.3 Å². The molecule has 1 heteroatoms. The standard InChI is InChI=1S/C6H8.C4H8O/c1-2-4-6-5-3-1;1-3-4(2)5/h1-4H,5-6H2;3H2,1-2H3. The van der Waals surface area contributed by atoms with Crippen LogP contribution in [0.4, 0.5) is 0 Å². The summed E-state index contributed by atoms with van der Waals surface area (Å²) in [7, 11) is 0. The van der Waals surface area contributed by atoms with Crippen molar-refractivity contribution in [2.45, 2.75) is 33.1 Å². The molecule has 62 valence electrons. The minimum atomic E-state index is 0.255. The number of hydrogen-bond donors (Lipinski definition) is 0. The third-order valence-electron chi connectivity index (χ3n) is 1.38. The fourth-order valence-electron chi connectivity index (χ4n) is 0.542.